The maximum atomic E-state index is 5.28. The predicted octanol–water partition coefficient (Wildman–Crippen LogP) is 11.0. The van der Waals surface area contributed by atoms with Gasteiger partial charge in [0, 0.05) is 56.9 Å². The Balaban J connectivity index is 1.23. The first-order valence-corrected chi connectivity index (χ1v) is 17.4. The number of aromatic nitrogens is 4. The van der Waals surface area contributed by atoms with Crippen molar-refractivity contribution in [2.24, 2.45) is 0 Å². The molecule has 5 heteroatoms. The molecule has 0 bridgehead atoms. The molecule has 0 N–H and O–H groups in total. The second-order valence-corrected chi connectivity index (χ2v) is 13.2. The van der Waals surface area contributed by atoms with E-state index >= 15 is 0 Å². The Hall–Kier alpha value is -6.85. The molecule has 51 heavy (non-hydrogen) atoms. The van der Waals surface area contributed by atoms with Crippen LogP contribution in [-0.4, -0.2) is 24.8 Å². The van der Waals surface area contributed by atoms with Crippen LogP contribution in [0, 0.1) is 0 Å². The van der Waals surface area contributed by atoms with Gasteiger partial charge in [0.2, 0.25) is 23.0 Å². The molecule has 9 aromatic rings. The molecule has 0 spiro atoms. The van der Waals surface area contributed by atoms with Gasteiger partial charge in [-0.25, -0.2) is 9.97 Å². The van der Waals surface area contributed by atoms with E-state index in [1.165, 1.54) is 44.0 Å². The molecule has 0 saturated carbocycles. The Morgan fingerprint density at radius 2 is 1.14 bits per heavy atom. The van der Waals surface area contributed by atoms with Crippen LogP contribution in [0.2, 0.25) is 0 Å². The van der Waals surface area contributed by atoms with E-state index in [-0.39, 0.29) is 6.04 Å². The third-order valence-electron chi connectivity index (χ3n) is 10.4. The Kier molecular flexibility index (Phi) is 5.95. The Labute approximate surface area is 294 Å². The number of hydrogen-bond acceptors (Lipinski definition) is 2. The largest absolute Gasteiger partial charge is 0.318 e. The number of benzene rings is 6. The lowest BCUT2D eigenvalue weighted by Gasteiger charge is -2.24. The molecular weight excluding hydrogens is 623 g/mol. The molecule has 0 amide bonds. The zero-order valence-electron chi connectivity index (χ0n) is 27.6. The van der Waals surface area contributed by atoms with E-state index in [4.69, 9.17) is 9.97 Å². The molecule has 6 aromatic carbocycles. The van der Waals surface area contributed by atoms with E-state index in [0.29, 0.717) is 5.95 Å². The van der Waals surface area contributed by atoms with Crippen LogP contribution in [0.4, 0.5) is 11.4 Å². The van der Waals surface area contributed by atoms with Crippen molar-refractivity contribution in [3.63, 3.8) is 0 Å². The summed E-state index contributed by atoms with van der Waals surface area (Å²) < 4.78 is 7.22. The van der Waals surface area contributed by atoms with Gasteiger partial charge in [-0.2, -0.15) is 4.58 Å². The van der Waals surface area contributed by atoms with Crippen LogP contribution in [-0.2, 0) is 0 Å². The normalized spacial score (nSPS) is 15.0. The molecule has 5 nitrogen and oxygen atoms in total. The fraction of sp³-hybridized carbons (Fsp3) is 0.0217. The summed E-state index contributed by atoms with van der Waals surface area (Å²) in [6.45, 7) is 0. The number of hydrogen-bond donors (Lipinski definition) is 0. The van der Waals surface area contributed by atoms with Gasteiger partial charge in [-0.1, -0.05) is 127 Å². The first-order valence-electron chi connectivity index (χ1n) is 17.4. The molecule has 238 valence electrons. The van der Waals surface area contributed by atoms with Crippen molar-refractivity contribution in [2.45, 2.75) is 6.04 Å². The second kappa shape index (κ2) is 10.8. The van der Waals surface area contributed by atoms with Crippen molar-refractivity contribution in [1.82, 2.24) is 23.7 Å². The monoisotopic (exact) mass is 652 g/mol. The van der Waals surface area contributed by atoms with Gasteiger partial charge in [-0.15, -0.1) is 0 Å². The minimum atomic E-state index is 0.0511. The van der Waals surface area contributed by atoms with Crippen LogP contribution in [0.3, 0.4) is 0 Å². The van der Waals surface area contributed by atoms with E-state index in [0.717, 1.165) is 39.2 Å². The molecule has 1 aliphatic heterocycles. The average Bonchev–Trinajstić information content (AvgIpc) is 3.71. The summed E-state index contributed by atoms with van der Waals surface area (Å²) in [5.41, 5.74) is 12.1. The summed E-state index contributed by atoms with van der Waals surface area (Å²) in [6, 6.07) is 53.8. The molecule has 0 radical (unpaired) electrons. The Morgan fingerprint density at radius 3 is 1.88 bits per heavy atom. The molecule has 1 aliphatic carbocycles. The summed E-state index contributed by atoms with van der Waals surface area (Å²) in [7, 11) is 0. The summed E-state index contributed by atoms with van der Waals surface area (Å²) >= 11 is 0. The lowest BCUT2D eigenvalue weighted by Crippen LogP contribution is -2.30. The van der Waals surface area contributed by atoms with E-state index < -0.39 is 0 Å². The van der Waals surface area contributed by atoms with Crippen LogP contribution in [0.5, 0.6) is 0 Å². The van der Waals surface area contributed by atoms with Crippen molar-refractivity contribution in [3.8, 4) is 28.5 Å². The molecular formula is C46H30N5+. The zero-order valence-corrected chi connectivity index (χ0v) is 27.6. The topological polar surface area (TPSA) is 38.6 Å². The number of para-hydroxylation sites is 3. The maximum Gasteiger partial charge on any atom is 0.235 e. The fourth-order valence-corrected chi connectivity index (χ4v) is 8.22. The van der Waals surface area contributed by atoms with Gasteiger partial charge >= 0.3 is 0 Å². The SMILES string of the molecule is C1=CC2=[N+](c3ccccc3)c3cccc4c5cc6c(cc5n(c34)C2C=C1)c1ccccc1n6-c1nc(-c2ccccc2)cc(-c2ccccc2)n1. The van der Waals surface area contributed by atoms with Gasteiger partial charge in [0.1, 0.15) is 11.6 Å². The summed E-state index contributed by atoms with van der Waals surface area (Å²) in [5.74, 6) is 0.653. The van der Waals surface area contributed by atoms with E-state index in [2.05, 4.69) is 178 Å². The smallest absolute Gasteiger partial charge is 0.235 e. The highest BCUT2D eigenvalue weighted by Gasteiger charge is 2.37. The van der Waals surface area contributed by atoms with Crippen molar-refractivity contribution in [3.05, 3.63) is 176 Å². The number of rotatable bonds is 4. The van der Waals surface area contributed by atoms with E-state index in [1.54, 1.807) is 0 Å². The second-order valence-electron chi connectivity index (χ2n) is 13.2. The van der Waals surface area contributed by atoms with E-state index in [9.17, 15) is 0 Å². The minimum absolute atomic E-state index is 0.0511. The lowest BCUT2D eigenvalue weighted by molar-refractivity contribution is 0.781. The van der Waals surface area contributed by atoms with Crippen LogP contribution >= 0.6 is 0 Å². The quantitative estimate of drug-likeness (QED) is 0.178. The predicted molar refractivity (Wildman–Crippen MR) is 210 cm³/mol. The highest BCUT2D eigenvalue weighted by Crippen LogP contribution is 2.45. The molecule has 11 rings (SSSR count). The fourth-order valence-electron chi connectivity index (χ4n) is 8.22. The van der Waals surface area contributed by atoms with Crippen LogP contribution < -0.4 is 4.58 Å². The molecule has 4 heterocycles. The van der Waals surface area contributed by atoms with E-state index in [1.807, 2.05) is 12.1 Å². The van der Waals surface area contributed by atoms with Gasteiger partial charge in [0.15, 0.2) is 0 Å². The van der Waals surface area contributed by atoms with Gasteiger partial charge in [-0.3, -0.25) is 4.57 Å². The van der Waals surface area contributed by atoms with Gasteiger partial charge in [-0.05, 0) is 24.3 Å². The number of fused-ring (bicyclic) bond motifs is 8. The third-order valence-corrected chi connectivity index (χ3v) is 10.4. The van der Waals surface area contributed by atoms with Crippen LogP contribution in [0.15, 0.2) is 176 Å². The standard InChI is InChI=1S/C46H30N5/c1-4-15-30(16-5-1)37-29-38(31-17-6-2-7-18-31)48-46(47-37)51-39-23-11-10-21-33(39)35-27-43-36(28-44(35)51)34-22-14-26-42-45(34)50(43)41-25-13-12-24-40(41)49(42)32-19-8-3-9-20-32/h1-29,41H/q+1. The van der Waals surface area contributed by atoms with Crippen LogP contribution in [0.1, 0.15) is 6.04 Å². The number of nitrogens with zero attached hydrogens (tertiary/aromatic N) is 5. The first kappa shape index (κ1) is 28.0. The number of allylic oxidation sites excluding steroid dienone is 4. The zero-order chi connectivity index (χ0) is 33.5. The highest BCUT2D eigenvalue weighted by molar-refractivity contribution is 6.22. The van der Waals surface area contributed by atoms with Gasteiger partial charge in [0.05, 0.1) is 27.9 Å². The summed E-state index contributed by atoms with van der Waals surface area (Å²) in [6.07, 6.45) is 8.91. The Bertz CT molecular complexity index is 2890. The van der Waals surface area contributed by atoms with Gasteiger partial charge in [0.25, 0.3) is 0 Å². The minimum Gasteiger partial charge on any atom is -0.318 e. The maximum absolute atomic E-state index is 5.28. The molecule has 2 aliphatic rings. The molecule has 1 unspecified atom stereocenters. The summed E-state index contributed by atoms with van der Waals surface area (Å²) in [4.78, 5) is 10.6. The first-order chi connectivity index (χ1) is 25.3. The molecule has 3 aromatic heterocycles. The molecule has 1 atom stereocenters. The third kappa shape index (κ3) is 4.12. The molecule has 0 saturated heterocycles. The van der Waals surface area contributed by atoms with Crippen molar-refractivity contribution in [1.29, 1.82) is 0 Å². The van der Waals surface area contributed by atoms with Crippen molar-refractivity contribution < 1.29 is 0 Å². The average molecular weight is 653 g/mol. The van der Waals surface area contributed by atoms with Crippen LogP contribution in [0.25, 0.3) is 72.1 Å². The lowest BCUT2D eigenvalue weighted by atomic mass is 10.0. The van der Waals surface area contributed by atoms with Crippen molar-refractivity contribution in [2.75, 3.05) is 0 Å². The summed E-state index contributed by atoms with van der Waals surface area (Å²) in [5, 5.41) is 4.79. The van der Waals surface area contributed by atoms with Gasteiger partial charge < -0.3 is 4.57 Å². The molecule has 0 fully saturated rings. The Morgan fingerprint density at radius 1 is 0.510 bits per heavy atom. The highest BCUT2D eigenvalue weighted by atomic mass is 15.2. The van der Waals surface area contributed by atoms with Crippen molar-refractivity contribution >= 4 is 60.7 Å².